The van der Waals surface area contributed by atoms with E-state index in [4.69, 9.17) is 20.3 Å². The molecule has 2 heterocycles. The first kappa shape index (κ1) is 16.3. The van der Waals surface area contributed by atoms with Crippen LogP contribution in [-0.4, -0.2) is 66.7 Å². The van der Waals surface area contributed by atoms with Crippen molar-refractivity contribution in [3.05, 3.63) is 65.3 Å². The molecule has 0 aliphatic carbocycles. The maximum atomic E-state index is 13.3. The Morgan fingerprint density at radius 1 is 0.971 bits per heavy atom. The predicted molar refractivity (Wildman–Crippen MR) is 132 cm³/mol. The van der Waals surface area contributed by atoms with E-state index < -0.39 is 41.9 Å². The summed E-state index contributed by atoms with van der Waals surface area (Å²) in [5.74, 6) is 0.765. The van der Waals surface area contributed by atoms with Crippen LogP contribution in [0.15, 0.2) is 59.7 Å². The van der Waals surface area contributed by atoms with E-state index in [1.165, 1.54) is 12.1 Å². The van der Waals surface area contributed by atoms with Gasteiger partial charge in [-0.2, -0.15) is 13.5 Å². The lowest BCUT2D eigenvalue weighted by Gasteiger charge is -2.37. The Kier molecular flexibility index (Phi) is 4.72. The maximum absolute atomic E-state index is 13.3. The van der Waals surface area contributed by atoms with Gasteiger partial charge in [-0.3, -0.25) is 4.55 Å². The minimum atomic E-state index is -5.79. The fraction of sp³-hybridized carbons (Fsp3) is 0.391. The Balaban J connectivity index is 1.61. The molecule has 1 N–H and O–H groups in total. The van der Waals surface area contributed by atoms with Crippen molar-refractivity contribution in [3.63, 3.8) is 0 Å². The van der Waals surface area contributed by atoms with Gasteiger partial charge in [0.25, 0.3) is 0 Å². The van der Waals surface area contributed by atoms with E-state index >= 15 is 0 Å². The molecule has 0 amide bonds. The molecule has 0 bridgehead atoms. The Bertz CT molecular complexity index is 1600. The Labute approximate surface area is 215 Å². The maximum Gasteiger partial charge on any atom is 0.397 e. The van der Waals surface area contributed by atoms with Crippen LogP contribution in [0, 0.1) is 0 Å². The quantitative estimate of drug-likeness (QED) is 0.454. The van der Waals surface area contributed by atoms with Gasteiger partial charge in [0.15, 0.2) is 0 Å². The second kappa shape index (κ2) is 10.1. The van der Waals surface area contributed by atoms with Crippen molar-refractivity contribution >= 4 is 21.8 Å². The molecular weight excluding hydrogens is 474 g/mol. The number of aromatic nitrogens is 3. The van der Waals surface area contributed by atoms with Crippen LogP contribution < -0.4 is 20.2 Å². The molecule has 2 unspecified atom stereocenters. The fourth-order valence-electron chi connectivity index (χ4n) is 3.72. The molecule has 11 nitrogen and oxygen atoms in total. The topological polar surface area (TPSA) is 119 Å². The Morgan fingerprint density at radius 2 is 1.51 bits per heavy atom. The average Bonchev–Trinajstić information content (AvgIpc) is 3.32. The van der Waals surface area contributed by atoms with Gasteiger partial charge in [-0.25, -0.2) is 18.2 Å². The fourth-order valence-corrected chi connectivity index (χ4v) is 4.01. The number of methoxy groups -OCH3 is 1. The van der Waals surface area contributed by atoms with E-state index in [1.54, 1.807) is 19.2 Å². The Morgan fingerprint density at radius 3 is 2.00 bits per heavy atom. The Hall–Kier alpha value is -3.35. The summed E-state index contributed by atoms with van der Waals surface area (Å²) in [6, 6.07) is 10.2. The molecule has 188 valence electrons. The molecule has 0 saturated carbocycles. The molecule has 2 aromatic carbocycles. The summed E-state index contributed by atoms with van der Waals surface area (Å²) >= 11 is 0. The van der Waals surface area contributed by atoms with Crippen LogP contribution >= 0.6 is 0 Å². The molecule has 35 heavy (non-hydrogen) atoms. The largest absolute Gasteiger partial charge is 0.497 e. The predicted octanol–water partition coefficient (Wildman–Crippen LogP) is 2.14. The van der Waals surface area contributed by atoms with E-state index in [2.05, 4.69) is 19.1 Å². The van der Waals surface area contributed by atoms with Crippen LogP contribution in [0.3, 0.4) is 0 Å². The molecule has 1 saturated heterocycles. The third-order valence-corrected chi connectivity index (χ3v) is 5.87. The first-order valence-electron chi connectivity index (χ1n) is 14.4. The van der Waals surface area contributed by atoms with E-state index in [0.717, 1.165) is 41.1 Å². The molecular formula is C23H29N5O6S. The summed E-state index contributed by atoms with van der Waals surface area (Å²) in [5.41, 5.74) is 0.675. The number of rotatable bonds is 8. The first-order valence-corrected chi connectivity index (χ1v) is 11.8. The molecule has 12 heteroatoms. The molecule has 2 atom stereocenters. The highest BCUT2D eigenvalue weighted by Crippen LogP contribution is 2.23. The van der Waals surface area contributed by atoms with Crippen molar-refractivity contribution < 1.29 is 32.9 Å². The van der Waals surface area contributed by atoms with Gasteiger partial charge in [-0.1, -0.05) is 0 Å². The van der Waals surface area contributed by atoms with Crippen molar-refractivity contribution in [1.29, 1.82) is 0 Å². The number of nitrogens with zero attached hydrogens (tertiary/aromatic N) is 5. The summed E-state index contributed by atoms with van der Waals surface area (Å²) in [4.78, 5) is 17.7. The van der Waals surface area contributed by atoms with Crippen LogP contribution in [-0.2, 0) is 14.6 Å². The van der Waals surface area contributed by atoms with Crippen LogP contribution in [0.1, 0.15) is 30.7 Å². The summed E-state index contributed by atoms with van der Waals surface area (Å²) in [7, 11) is -4.19. The van der Waals surface area contributed by atoms with Gasteiger partial charge >= 0.3 is 16.1 Å². The molecule has 0 radical (unpaired) electrons. The zero-order valence-corrected chi connectivity index (χ0v) is 19.5. The number of hydrogen-bond acceptors (Lipinski definition) is 8. The number of ether oxygens (including phenoxy) is 1. The normalized spacial score (nSPS) is 22.1. The summed E-state index contributed by atoms with van der Waals surface area (Å²) < 4.78 is 105. The monoisotopic (exact) mass is 511 g/mol. The van der Waals surface area contributed by atoms with Crippen molar-refractivity contribution in [2.75, 3.05) is 43.1 Å². The highest BCUT2D eigenvalue weighted by Gasteiger charge is 2.24. The summed E-state index contributed by atoms with van der Waals surface area (Å²) in [5, 5.41) is 3.57. The third-order valence-electron chi connectivity index (χ3n) is 5.50. The van der Waals surface area contributed by atoms with Crippen molar-refractivity contribution in [2.24, 2.45) is 0 Å². The van der Waals surface area contributed by atoms with Crippen molar-refractivity contribution in [3.8, 4) is 11.4 Å². The highest BCUT2D eigenvalue weighted by molar-refractivity contribution is 7.80. The van der Waals surface area contributed by atoms with Crippen LogP contribution in [0.5, 0.6) is 5.75 Å². The van der Waals surface area contributed by atoms with Crippen LogP contribution in [0.25, 0.3) is 5.69 Å². The van der Waals surface area contributed by atoms with E-state index in [0.29, 0.717) is 13.1 Å². The lowest BCUT2D eigenvalue weighted by Crippen LogP contribution is -2.46. The molecule has 1 aliphatic rings. The first-order chi connectivity index (χ1) is 19.8. The van der Waals surface area contributed by atoms with Gasteiger partial charge in [-0.15, -0.1) is 0 Å². The lowest BCUT2D eigenvalue weighted by atomic mass is 10.2. The number of benzene rings is 2. The van der Waals surface area contributed by atoms with Gasteiger partial charge in [0.2, 0.25) is 0 Å². The standard InChI is InChI=1S/C23H29N5O6S/c1-17(18(2)34-35(30,31)32)28-23(29)27(16-24-28)21-6-4-19(5-7-21)25-12-14-26(15-13-25)20-8-10-22(33-3)11-9-20/h4-11,16-18H,12-15H2,1-3H3,(H,30,31,32)/i1D3,2D3,17D,18D. The minimum absolute atomic E-state index is 0.156. The van der Waals surface area contributed by atoms with Gasteiger partial charge in [0.05, 0.1) is 27.6 Å². The van der Waals surface area contributed by atoms with Gasteiger partial charge in [0, 0.05) is 45.8 Å². The smallest absolute Gasteiger partial charge is 0.397 e. The molecule has 0 spiro atoms. The molecule has 1 aromatic heterocycles. The van der Waals surface area contributed by atoms with E-state index in [1.807, 2.05) is 24.3 Å². The second-order valence-corrected chi connectivity index (χ2v) is 8.59. The SMILES string of the molecule is [2H]C([2H])([2H])C([2H])(OS(=O)(=O)O)C([2H])(n1ncn(-c2ccc(N3CCN(c4ccc(OC)cc4)CC3)cc2)c1=O)C([2H])([2H])[2H]. The third kappa shape index (κ3) is 5.66. The number of hydrogen-bond donors (Lipinski definition) is 1. The summed E-state index contributed by atoms with van der Waals surface area (Å²) in [6.07, 6.45) is -3.42. The van der Waals surface area contributed by atoms with Gasteiger partial charge < -0.3 is 14.5 Å². The molecule has 1 aliphatic heterocycles. The molecule has 3 aromatic rings. The van der Waals surface area contributed by atoms with Crippen molar-refractivity contribution in [1.82, 2.24) is 14.3 Å². The highest BCUT2D eigenvalue weighted by atomic mass is 32.3. The number of anilines is 2. The minimum Gasteiger partial charge on any atom is -0.497 e. The number of piperazine rings is 1. The van der Waals surface area contributed by atoms with E-state index in [9.17, 15) is 13.2 Å². The van der Waals surface area contributed by atoms with Gasteiger partial charge in [0.1, 0.15) is 12.1 Å². The van der Waals surface area contributed by atoms with Crippen molar-refractivity contribution in [2.45, 2.75) is 25.8 Å². The van der Waals surface area contributed by atoms with Crippen LogP contribution in [0.4, 0.5) is 11.4 Å². The van der Waals surface area contributed by atoms with E-state index in [-0.39, 0.29) is 10.4 Å². The average molecular weight is 512 g/mol. The van der Waals surface area contributed by atoms with Gasteiger partial charge in [-0.05, 0) is 62.2 Å². The zero-order chi connectivity index (χ0) is 32.0. The molecule has 4 rings (SSSR count). The lowest BCUT2D eigenvalue weighted by molar-refractivity contribution is 0.142. The second-order valence-electron chi connectivity index (χ2n) is 7.57. The zero-order valence-electron chi connectivity index (χ0n) is 26.7. The summed E-state index contributed by atoms with van der Waals surface area (Å²) in [6.45, 7) is -4.97. The molecule has 1 fully saturated rings. The van der Waals surface area contributed by atoms with Crippen LogP contribution in [0.2, 0.25) is 0 Å².